The lowest BCUT2D eigenvalue weighted by Gasteiger charge is -2.36. The summed E-state index contributed by atoms with van der Waals surface area (Å²) in [5.41, 5.74) is 0.587. The molecule has 0 heterocycles. The molecule has 0 aliphatic carbocycles. The van der Waals surface area contributed by atoms with Crippen LogP contribution in [0.4, 0.5) is 4.39 Å². The predicted octanol–water partition coefficient (Wildman–Crippen LogP) is 4.54. The first kappa shape index (κ1) is 17.8. The minimum atomic E-state index is -0.307. The first-order valence-electron chi connectivity index (χ1n) is 7.96. The second-order valence-electron chi connectivity index (χ2n) is 6.11. The van der Waals surface area contributed by atoms with E-state index in [9.17, 15) is 9.18 Å². The lowest BCUT2D eigenvalue weighted by atomic mass is 9.99. The van der Waals surface area contributed by atoms with Crippen molar-refractivity contribution in [3.8, 4) is 0 Å². The minimum absolute atomic E-state index is 0.0718. The van der Waals surface area contributed by atoms with E-state index >= 15 is 0 Å². The SMILES string of the molecule is CCC(CC)N(CC(C)C)C(C)C(=O)c1ccc(F)cc1. The highest BCUT2D eigenvalue weighted by Crippen LogP contribution is 2.18. The van der Waals surface area contributed by atoms with Crippen molar-refractivity contribution >= 4 is 5.78 Å². The minimum Gasteiger partial charge on any atom is -0.292 e. The van der Waals surface area contributed by atoms with Gasteiger partial charge in [-0.05, 0) is 49.9 Å². The Morgan fingerprint density at radius 1 is 1.10 bits per heavy atom. The van der Waals surface area contributed by atoms with Gasteiger partial charge in [0.1, 0.15) is 5.82 Å². The van der Waals surface area contributed by atoms with Crippen LogP contribution in [0.1, 0.15) is 57.8 Å². The van der Waals surface area contributed by atoms with Gasteiger partial charge in [0.05, 0.1) is 6.04 Å². The quantitative estimate of drug-likeness (QED) is 0.656. The molecule has 1 unspecified atom stereocenters. The molecular weight excluding hydrogens is 265 g/mol. The van der Waals surface area contributed by atoms with Crippen molar-refractivity contribution in [2.75, 3.05) is 6.54 Å². The molecule has 0 N–H and O–H groups in total. The van der Waals surface area contributed by atoms with Crippen molar-refractivity contribution in [2.45, 2.75) is 59.5 Å². The molecule has 21 heavy (non-hydrogen) atoms. The van der Waals surface area contributed by atoms with E-state index in [4.69, 9.17) is 0 Å². The monoisotopic (exact) mass is 293 g/mol. The highest BCUT2D eigenvalue weighted by molar-refractivity contribution is 5.99. The normalized spacial score (nSPS) is 13.2. The van der Waals surface area contributed by atoms with Gasteiger partial charge in [-0.2, -0.15) is 0 Å². The summed E-state index contributed by atoms with van der Waals surface area (Å²) >= 11 is 0. The van der Waals surface area contributed by atoms with E-state index in [-0.39, 0.29) is 17.6 Å². The summed E-state index contributed by atoms with van der Waals surface area (Å²) in [6, 6.07) is 6.09. The Morgan fingerprint density at radius 3 is 2.05 bits per heavy atom. The third kappa shape index (κ3) is 4.92. The maximum absolute atomic E-state index is 13.0. The van der Waals surface area contributed by atoms with Crippen LogP contribution in [-0.2, 0) is 0 Å². The number of rotatable bonds is 8. The van der Waals surface area contributed by atoms with Crippen LogP contribution in [0.25, 0.3) is 0 Å². The van der Waals surface area contributed by atoms with Crippen LogP contribution in [0.5, 0.6) is 0 Å². The number of nitrogens with zero attached hydrogens (tertiary/aromatic N) is 1. The van der Waals surface area contributed by atoms with Gasteiger partial charge in [-0.15, -0.1) is 0 Å². The van der Waals surface area contributed by atoms with Crippen LogP contribution in [0.15, 0.2) is 24.3 Å². The molecule has 0 saturated heterocycles. The number of Topliss-reactive ketones (excluding diaryl/α,β-unsaturated/α-hetero) is 1. The summed E-state index contributed by atoms with van der Waals surface area (Å²) < 4.78 is 13.0. The Morgan fingerprint density at radius 2 is 1.62 bits per heavy atom. The van der Waals surface area contributed by atoms with E-state index in [0.717, 1.165) is 19.4 Å². The molecule has 0 spiro atoms. The second-order valence-corrected chi connectivity index (χ2v) is 6.11. The topological polar surface area (TPSA) is 20.3 Å². The number of carbonyl (C=O) groups is 1. The van der Waals surface area contributed by atoms with Crippen molar-refractivity contribution in [1.29, 1.82) is 0 Å². The molecule has 0 fully saturated rings. The maximum Gasteiger partial charge on any atom is 0.179 e. The molecule has 0 aliphatic heterocycles. The fourth-order valence-electron chi connectivity index (χ4n) is 2.81. The van der Waals surface area contributed by atoms with Crippen LogP contribution in [-0.4, -0.2) is 29.3 Å². The van der Waals surface area contributed by atoms with E-state index in [1.54, 1.807) is 12.1 Å². The highest BCUT2D eigenvalue weighted by atomic mass is 19.1. The van der Waals surface area contributed by atoms with E-state index in [2.05, 4.69) is 32.6 Å². The van der Waals surface area contributed by atoms with Crippen molar-refractivity contribution in [3.63, 3.8) is 0 Å². The van der Waals surface area contributed by atoms with Crippen molar-refractivity contribution in [3.05, 3.63) is 35.6 Å². The molecule has 0 aromatic heterocycles. The lowest BCUT2D eigenvalue weighted by Crippen LogP contribution is -2.47. The summed E-state index contributed by atoms with van der Waals surface area (Å²) in [5, 5.41) is 0. The molecule has 0 radical (unpaired) electrons. The zero-order chi connectivity index (χ0) is 16.0. The highest BCUT2D eigenvalue weighted by Gasteiger charge is 2.27. The summed E-state index contributed by atoms with van der Waals surface area (Å²) in [6.07, 6.45) is 2.06. The zero-order valence-corrected chi connectivity index (χ0v) is 13.9. The van der Waals surface area contributed by atoms with Gasteiger partial charge in [-0.3, -0.25) is 9.69 Å². The molecule has 0 amide bonds. The van der Waals surface area contributed by atoms with Crippen molar-refractivity contribution in [2.24, 2.45) is 5.92 Å². The average Bonchev–Trinajstić information content (AvgIpc) is 2.46. The Kier molecular flexibility index (Phi) is 7.03. The Bertz CT molecular complexity index is 437. The lowest BCUT2D eigenvalue weighted by molar-refractivity contribution is 0.0710. The van der Waals surface area contributed by atoms with Crippen LogP contribution in [0.3, 0.4) is 0 Å². The van der Waals surface area contributed by atoms with Gasteiger partial charge in [-0.1, -0.05) is 27.7 Å². The third-order valence-corrected chi connectivity index (χ3v) is 3.99. The Balaban J connectivity index is 2.95. The number of ketones is 1. The molecule has 1 atom stereocenters. The summed E-state index contributed by atoms with van der Waals surface area (Å²) in [4.78, 5) is 15.0. The number of halogens is 1. The van der Waals surface area contributed by atoms with E-state index < -0.39 is 0 Å². The smallest absolute Gasteiger partial charge is 0.179 e. The maximum atomic E-state index is 13.0. The van der Waals surface area contributed by atoms with Gasteiger partial charge in [0.25, 0.3) is 0 Å². The summed E-state index contributed by atoms with van der Waals surface area (Å²) in [7, 11) is 0. The van der Waals surface area contributed by atoms with Crippen LogP contribution in [0, 0.1) is 11.7 Å². The molecule has 118 valence electrons. The first-order valence-corrected chi connectivity index (χ1v) is 7.96. The van der Waals surface area contributed by atoms with Crippen LogP contribution in [0.2, 0.25) is 0 Å². The van der Waals surface area contributed by atoms with Gasteiger partial charge >= 0.3 is 0 Å². The molecule has 1 aromatic rings. The predicted molar refractivity (Wildman–Crippen MR) is 86.1 cm³/mol. The van der Waals surface area contributed by atoms with Crippen LogP contribution < -0.4 is 0 Å². The Labute approximate surface area is 128 Å². The average molecular weight is 293 g/mol. The molecule has 3 heteroatoms. The molecular formula is C18H28FNO. The fourth-order valence-corrected chi connectivity index (χ4v) is 2.81. The molecule has 0 saturated carbocycles. The zero-order valence-electron chi connectivity index (χ0n) is 13.9. The second kappa shape index (κ2) is 8.28. The number of benzene rings is 1. The van der Waals surface area contributed by atoms with E-state index in [1.807, 2.05) is 6.92 Å². The number of hydrogen-bond donors (Lipinski definition) is 0. The molecule has 1 rings (SSSR count). The first-order chi connectivity index (χ1) is 9.90. The number of carbonyl (C=O) groups excluding carboxylic acids is 1. The van der Waals surface area contributed by atoms with Gasteiger partial charge < -0.3 is 0 Å². The van der Waals surface area contributed by atoms with Crippen molar-refractivity contribution < 1.29 is 9.18 Å². The molecule has 1 aromatic carbocycles. The van der Waals surface area contributed by atoms with Crippen molar-refractivity contribution in [1.82, 2.24) is 4.90 Å². The number of hydrogen-bond acceptors (Lipinski definition) is 2. The largest absolute Gasteiger partial charge is 0.292 e. The van der Waals surface area contributed by atoms with E-state index in [1.165, 1.54) is 12.1 Å². The standard InChI is InChI=1S/C18H28FNO/c1-6-17(7-2)20(12-13(3)4)14(5)18(21)15-8-10-16(19)11-9-15/h8-11,13-14,17H,6-7,12H2,1-5H3. The molecule has 2 nitrogen and oxygen atoms in total. The third-order valence-electron chi connectivity index (χ3n) is 3.99. The summed E-state index contributed by atoms with van der Waals surface area (Å²) in [5.74, 6) is 0.273. The van der Waals surface area contributed by atoms with E-state index in [0.29, 0.717) is 17.5 Å². The van der Waals surface area contributed by atoms with Gasteiger partial charge in [0.2, 0.25) is 0 Å². The van der Waals surface area contributed by atoms with Gasteiger partial charge in [0.15, 0.2) is 5.78 Å². The fraction of sp³-hybridized carbons (Fsp3) is 0.611. The van der Waals surface area contributed by atoms with Crippen LogP contribution >= 0.6 is 0 Å². The molecule has 0 aliphatic rings. The molecule has 0 bridgehead atoms. The Hall–Kier alpha value is -1.22. The summed E-state index contributed by atoms with van der Waals surface area (Å²) in [6.45, 7) is 11.5. The van der Waals surface area contributed by atoms with Gasteiger partial charge in [0, 0.05) is 18.2 Å². The van der Waals surface area contributed by atoms with Gasteiger partial charge in [-0.25, -0.2) is 4.39 Å².